The van der Waals surface area contributed by atoms with Gasteiger partial charge in [0.1, 0.15) is 6.54 Å². The molecule has 1 aliphatic rings. The number of methoxy groups -OCH3 is 1. The lowest BCUT2D eigenvalue weighted by Crippen LogP contribution is -2.49. The van der Waals surface area contributed by atoms with Gasteiger partial charge in [0.25, 0.3) is 11.8 Å². The average molecular weight is 225 g/mol. The third-order valence-corrected chi connectivity index (χ3v) is 2.23. The molecule has 7 heteroatoms. The molecule has 1 saturated heterocycles. The number of aromatic nitrogens is 1. The molecule has 7 nitrogen and oxygen atoms in total. The maximum absolute atomic E-state index is 11.8. The molecule has 0 unspecified atom stereocenters. The van der Waals surface area contributed by atoms with E-state index in [4.69, 9.17) is 9.26 Å². The first-order chi connectivity index (χ1) is 7.70. The summed E-state index contributed by atoms with van der Waals surface area (Å²) in [6, 6.07) is 1.40. The van der Waals surface area contributed by atoms with Crippen LogP contribution in [-0.4, -0.2) is 48.6 Å². The number of hydrogen-bond donors (Lipinski definition) is 1. The van der Waals surface area contributed by atoms with Gasteiger partial charge in [-0.3, -0.25) is 9.59 Å². The molecule has 1 N–H and O–H groups in total. The molecule has 0 spiro atoms. The molecule has 0 aliphatic carbocycles. The maximum atomic E-state index is 11.8. The predicted octanol–water partition coefficient (Wildman–Crippen LogP) is -0.745. The van der Waals surface area contributed by atoms with Gasteiger partial charge < -0.3 is 19.5 Å². The summed E-state index contributed by atoms with van der Waals surface area (Å²) in [4.78, 5) is 24.3. The van der Waals surface area contributed by atoms with Gasteiger partial charge in [-0.05, 0) is 5.16 Å². The van der Waals surface area contributed by atoms with E-state index in [1.165, 1.54) is 18.1 Å². The zero-order chi connectivity index (χ0) is 11.5. The summed E-state index contributed by atoms with van der Waals surface area (Å²) >= 11 is 0. The average Bonchev–Trinajstić information content (AvgIpc) is 2.76. The van der Waals surface area contributed by atoms with E-state index in [1.807, 2.05) is 0 Å². The summed E-state index contributed by atoms with van der Waals surface area (Å²) in [6.07, 6.45) is 0. The second kappa shape index (κ2) is 4.21. The van der Waals surface area contributed by atoms with Crippen LogP contribution in [0.2, 0.25) is 0 Å². The van der Waals surface area contributed by atoms with Crippen LogP contribution in [0.15, 0.2) is 10.6 Å². The summed E-state index contributed by atoms with van der Waals surface area (Å²) in [5, 5.41) is 6.16. The van der Waals surface area contributed by atoms with Crippen molar-refractivity contribution in [2.24, 2.45) is 0 Å². The van der Waals surface area contributed by atoms with E-state index in [-0.39, 0.29) is 30.0 Å². The van der Waals surface area contributed by atoms with Gasteiger partial charge in [-0.15, -0.1) is 0 Å². The molecule has 0 aromatic carbocycles. The number of piperazine rings is 1. The zero-order valence-electron chi connectivity index (χ0n) is 8.73. The fourth-order valence-electron chi connectivity index (χ4n) is 1.42. The molecule has 86 valence electrons. The molecule has 0 atom stereocenters. The Balaban J connectivity index is 2.09. The minimum atomic E-state index is -0.356. The number of carbonyl (C=O) groups excluding carboxylic acids is 2. The number of amides is 2. The fraction of sp³-hybridized carbons (Fsp3) is 0.444. The molecule has 1 fully saturated rings. The van der Waals surface area contributed by atoms with Crippen LogP contribution < -0.4 is 10.1 Å². The monoisotopic (exact) mass is 225 g/mol. The molecule has 2 amide bonds. The van der Waals surface area contributed by atoms with Gasteiger partial charge in [-0.25, -0.2) is 0 Å². The van der Waals surface area contributed by atoms with Crippen LogP contribution in [0.25, 0.3) is 0 Å². The van der Waals surface area contributed by atoms with Gasteiger partial charge in [0.2, 0.25) is 11.7 Å². The molecule has 2 rings (SSSR count). The number of carbonyl (C=O) groups is 2. The van der Waals surface area contributed by atoms with E-state index in [2.05, 4.69) is 10.5 Å². The Hall–Kier alpha value is -2.05. The normalized spacial score (nSPS) is 15.8. The summed E-state index contributed by atoms with van der Waals surface area (Å²) in [7, 11) is 1.43. The molecular formula is C9H11N3O4. The number of nitrogens with zero attached hydrogens (tertiary/aromatic N) is 2. The number of ether oxygens (including phenoxy) is 1. The highest BCUT2D eigenvalue weighted by Crippen LogP contribution is 2.13. The highest BCUT2D eigenvalue weighted by Gasteiger charge is 2.25. The lowest BCUT2D eigenvalue weighted by atomic mass is 10.3. The Morgan fingerprint density at radius 3 is 3.12 bits per heavy atom. The standard InChI is InChI=1S/C9H11N3O4/c1-15-8-4-6(16-11-8)9(14)12-3-2-10-7(13)5-12/h4H,2-3,5H2,1H3,(H,10,13). The third-order valence-electron chi connectivity index (χ3n) is 2.23. The van der Waals surface area contributed by atoms with Crippen LogP contribution in [0.3, 0.4) is 0 Å². The first kappa shape index (κ1) is 10.5. The topological polar surface area (TPSA) is 84.7 Å². The minimum absolute atomic E-state index is 0.0435. The van der Waals surface area contributed by atoms with Crippen molar-refractivity contribution in [3.05, 3.63) is 11.8 Å². The Bertz CT molecular complexity index is 415. The molecule has 2 heterocycles. The highest BCUT2D eigenvalue weighted by molar-refractivity contribution is 5.95. The zero-order valence-corrected chi connectivity index (χ0v) is 8.73. The van der Waals surface area contributed by atoms with Gasteiger partial charge in [0.05, 0.1) is 13.2 Å². The molecule has 0 bridgehead atoms. The van der Waals surface area contributed by atoms with Crippen LogP contribution in [-0.2, 0) is 4.79 Å². The molecule has 0 radical (unpaired) electrons. The summed E-state index contributed by atoms with van der Waals surface area (Å²) < 4.78 is 9.61. The smallest absolute Gasteiger partial charge is 0.293 e. The van der Waals surface area contributed by atoms with Crippen LogP contribution in [0.5, 0.6) is 5.88 Å². The van der Waals surface area contributed by atoms with Crippen LogP contribution >= 0.6 is 0 Å². The van der Waals surface area contributed by atoms with E-state index in [0.717, 1.165) is 0 Å². The van der Waals surface area contributed by atoms with E-state index in [9.17, 15) is 9.59 Å². The second-order valence-corrected chi connectivity index (χ2v) is 3.31. The highest BCUT2D eigenvalue weighted by atomic mass is 16.5. The molecule has 1 aromatic rings. The van der Waals surface area contributed by atoms with Gasteiger partial charge >= 0.3 is 0 Å². The number of rotatable bonds is 2. The van der Waals surface area contributed by atoms with Crippen LogP contribution in [0.4, 0.5) is 0 Å². The SMILES string of the molecule is COc1cc(C(=O)N2CCNC(=O)C2)on1. The summed E-state index contributed by atoms with van der Waals surface area (Å²) in [5.74, 6) is -0.215. The molecule has 1 aromatic heterocycles. The number of nitrogens with one attached hydrogen (secondary N) is 1. The van der Waals surface area contributed by atoms with Crippen molar-refractivity contribution < 1.29 is 18.8 Å². The molecule has 0 saturated carbocycles. The van der Waals surface area contributed by atoms with Gasteiger partial charge in [0, 0.05) is 13.1 Å². The predicted molar refractivity (Wildman–Crippen MR) is 52.0 cm³/mol. The largest absolute Gasteiger partial charge is 0.479 e. The van der Waals surface area contributed by atoms with Crippen molar-refractivity contribution in [3.63, 3.8) is 0 Å². The van der Waals surface area contributed by atoms with Gasteiger partial charge in [-0.2, -0.15) is 0 Å². The maximum Gasteiger partial charge on any atom is 0.293 e. The third kappa shape index (κ3) is 1.97. The van der Waals surface area contributed by atoms with E-state index in [1.54, 1.807) is 0 Å². The quantitative estimate of drug-likeness (QED) is 0.716. The van der Waals surface area contributed by atoms with Crippen molar-refractivity contribution in [1.82, 2.24) is 15.4 Å². The van der Waals surface area contributed by atoms with E-state index < -0.39 is 0 Å². The molecule has 1 aliphatic heterocycles. The summed E-state index contributed by atoms with van der Waals surface area (Å²) in [6.45, 7) is 0.964. The fourth-order valence-corrected chi connectivity index (χ4v) is 1.42. The van der Waals surface area contributed by atoms with Crippen molar-refractivity contribution in [2.75, 3.05) is 26.7 Å². The van der Waals surface area contributed by atoms with Crippen LogP contribution in [0, 0.1) is 0 Å². The van der Waals surface area contributed by atoms with E-state index in [0.29, 0.717) is 13.1 Å². The first-order valence-corrected chi connectivity index (χ1v) is 4.77. The lowest BCUT2D eigenvalue weighted by molar-refractivity contribution is -0.123. The first-order valence-electron chi connectivity index (χ1n) is 4.77. The van der Waals surface area contributed by atoms with Crippen molar-refractivity contribution in [2.45, 2.75) is 0 Å². The van der Waals surface area contributed by atoms with Crippen molar-refractivity contribution in [1.29, 1.82) is 0 Å². The Kier molecular flexibility index (Phi) is 2.76. The molecular weight excluding hydrogens is 214 g/mol. The van der Waals surface area contributed by atoms with Crippen molar-refractivity contribution >= 4 is 11.8 Å². The second-order valence-electron chi connectivity index (χ2n) is 3.31. The Morgan fingerprint density at radius 2 is 2.50 bits per heavy atom. The Labute approximate surface area is 91.3 Å². The Morgan fingerprint density at radius 1 is 1.69 bits per heavy atom. The van der Waals surface area contributed by atoms with Gasteiger partial charge in [0.15, 0.2) is 0 Å². The minimum Gasteiger partial charge on any atom is -0.479 e. The van der Waals surface area contributed by atoms with Gasteiger partial charge in [-0.1, -0.05) is 0 Å². The van der Waals surface area contributed by atoms with Crippen molar-refractivity contribution in [3.8, 4) is 5.88 Å². The van der Waals surface area contributed by atoms with Crippen LogP contribution in [0.1, 0.15) is 10.6 Å². The molecule has 16 heavy (non-hydrogen) atoms. The van der Waals surface area contributed by atoms with E-state index >= 15 is 0 Å². The lowest BCUT2D eigenvalue weighted by Gasteiger charge is -2.25. The number of hydrogen-bond acceptors (Lipinski definition) is 5. The summed E-state index contributed by atoms with van der Waals surface area (Å²) in [5.41, 5.74) is 0.